The van der Waals surface area contributed by atoms with E-state index in [4.69, 9.17) is 9.97 Å². The summed E-state index contributed by atoms with van der Waals surface area (Å²) in [5.41, 5.74) is 16.6. The molecule has 12 aromatic rings. The van der Waals surface area contributed by atoms with E-state index in [1.54, 1.807) is 0 Å². The minimum absolute atomic E-state index is 0.702. The fourth-order valence-corrected chi connectivity index (χ4v) is 9.14. The summed E-state index contributed by atoms with van der Waals surface area (Å²) in [6, 6.07) is 82.2. The van der Waals surface area contributed by atoms with E-state index in [0.717, 1.165) is 45.0 Å². The average Bonchev–Trinajstić information content (AvgIpc) is 3.87. The lowest BCUT2D eigenvalue weighted by atomic mass is 10.0. The van der Waals surface area contributed by atoms with Crippen molar-refractivity contribution in [3.8, 4) is 67.5 Å². The average molecular weight is 791 g/mol. The molecule has 0 aliphatic carbocycles. The van der Waals surface area contributed by atoms with Crippen molar-refractivity contribution in [3.05, 3.63) is 231 Å². The van der Waals surface area contributed by atoms with Gasteiger partial charge in [-0.1, -0.05) is 170 Å². The third kappa shape index (κ3) is 6.08. The van der Waals surface area contributed by atoms with Crippen LogP contribution in [0, 0.1) is 0 Å². The second kappa shape index (κ2) is 14.7. The van der Waals surface area contributed by atoms with Gasteiger partial charge < -0.3 is 9.13 Å². The standard InChI is InChI=1S/C58H38N4/c1-4-14-39(15-5-1)40-24-26-41(27-25-40)52-38-53(60-58(59-52)43-16-6-2-7-17-43)42-28-32-47(33-29-42)61-55-23-13-11-21-49(55)51-36-44(31-35-56(51)61)45-30-34-50-48-20-10-12-22-54(48)62(57(50)37-45)46-18-8-3-9-19-46/h1-38H. The van der Waals surface area contributed by atoms with Gasteiger partial charge in [-0.05, 0) is 82.9 Å². The normalized spacial score (nSPS) is 11.5. The fourth-order valence-electron chi connectivity index (χ4n) is 9.14. The number of hydrogen-bond donors (Lipinski definition) is 0. The Bertz CT molecular complexity index is 3590. The lowest BCUT2D eigenvalue weighted by Crippen LogP contribution is -1.97. The molecule has 9 aromatic carbocycles. The second-order valence-corrected chi connectivity index (χ2v) is 15.8. The zero-order valence-corrected chi connectivity index (χ0v) is 33.7. The van der Waals surface area contributed by atoms with E-state index < -0.39 is 0 Å². The fraction of sp³-hybridized carbons (Fsp3) is 0. The molecular formula is C58H38N4. The maximum atomic E-state index is 5.13. The SMILES string of the molecule is c1ccc(-c2ccc(-c3cc(-c4ccc(-n5c6ccccc6c6cc(-c7ccc8c9ccccc9n(-c9ccccc9)c8c7)ccc65)cc4)nc(-c4ccccc4)n3)cc2)cc1. The summed E-state index contributed by atoms with van der Waals surface area (Å²) in [4.78, 5) is 10.2. The molecule has 0 saturated heterocycles. The molecule has 0 bridgehead atoms. The first-order chi connectivity index (χ1) is 30.7. The third-order valence-corrected chi connectivity index (χ3v) is 12.2. The monoisotopic (exact) mass is 790 g/mol. The zero-order chi connectivity index (χ0) is 41.0. The van der Waals surface area contributed by atoms with Gasteiger partial charge in [-0.15, -0.1) is 0 Å². The maximum absolute atomic E-state index is 5.13. The molecule has 0 atom stereocenters. The van der Waals surface area contributed by atoms with Crippen LogP contribution in [0.3, 0.4) is 0 Å². The van der Waals surface area contributed by atoms with E-state index in [9.17, 15) is 0 Å². The Hall–Kier alpha value is -8.34. The molecule has 4 nitrogen and oxygen atoms in total. The van der Waals surface area contributed by atoms with Crippen LogP contribution in [-0.4, -0.2) is 19.1 Å². The Kier molecular flexibility index (Phi) is 8.46. The Morgan fingerprint density at radius 2 is 0.661 bits per heavy atom. The molecule has 0 aliphatic heterocycles. The Balaban J connectivity index is 0.936. The highest BCUT2D eigenvalue weighted by atomic mass is 15.0. The van der Waals surface area contributed by atoms with Crippen LogP contribution < -0.4 is 0 Å². The van der Waals surface area contributed by atoms with Gasteiger partial charge in [-0.3, -0.25) is 0 Å². The summed E-state index contributed by atoms with van der Waals surface area (Å²) in [6.45, 7) is 0. The quantitative estimate of drug-likeness (QED) is 0.161. The molecule has 290 valence electrons. The molecule has 0 fully saturated rings. The molecule has 0 aliphatic rings. The Morgan fingerprint density at radius 3 is 1.32 bits per heavy atom. The number of hydrogen-bond acceptors (Lipinski definition) is 2. The zero-order valence-electron chi connectivity index (χ0n) is 33.7. The maximum Gasteiger partial charge on any atom is 0.160 e. The summed E-state index contributed by atoms with van der Waals surface area (Å²) in [7, 11) is 0. The van der Waals surface area contributed by atoms with Crippen molar-refractivity contribution in [1.82, 2.24) is 19.1 Å². The summed E-state index contributed by atoms with van der Waals surface area (Å²) in [5.74, 6) is 0.702. The Labute approximate surface area is 359 Å². The van der Waals surface area contributed by atoms with Crippen molar-refractivity contribution in [3.63, 3.8) is 0 Å². The summed E-state index contributed by atoms with van der Waals surface area (Å²) < 4.78 is 4.76. The van der Waals surface area contributed by atoms with Crippen LogP contribution in [-0.2, 0) is 0 Å². The number of fused-ring (bicyclic) bond motifs is 6. The van der Waals surface area contributed by atoms with Crippen LogP contribution in [0.25, 0.3) is 111 Å². The first-order valence-electron chi connectivity index (χ1n) is 21.1. The molecule has 4 heteroatoms. The molecule has 62 heavy (non-hydrogen) atoms. The molecular weight excluding hydrogens is 753 g/mol. The van der Waals surface area contributed by atoms with Gasteiger partial charge in [0.15, 0.2) is 5.82 Å². The van der Waals surface area contributed by atoms with E-state index >= 15 is 0 Å². The van der Waals surface area contributed by atoms with Crippen LogP contribution in [0.15, 0.2) is 231 Å². The van der Waals surface area contributed by atoms with E-state index in [0.29, 0.717) is 5.82 Å². The van der Waals surface area contributed by atoms with Gasteiger partial charge in [-0.2, -0.15) is 0 Å². The molecule has 3 heterocycles. The number of nitrogens with zero attached hydrogens (tertiary/aromatic N) is 4. The minimum Gasteiger partial charge on any atom is -0.309 e. The summed E-state index contributed by atoms with van der Waals surface area (Å²) >= 11 is 0. The van der Waals surface area contributed by atoms with E-state index in [2.05, 4.69) is 215 Å². The molecule has 3 aromatic heterocycles. The van der Waals surface area contributed by atoms with E-state index in [1.807, 2.05) is 24.3 Å². The highest BCUT2D eigenvalue weighted by molar-refractivity contribution is 6.12. The van der Waals surface area contributed by atoms with Crippen molar-refractivity contribution in [2.45, 2.75) is 0 Å². The molecule has 0 N–H and O–H groups in total. The molecule has 0 radical (unpaired) electrons. The summed E-state index contributed by atoms with van der Waals surface area (Å²) in [6.07, 6.45) is 0. The highest BCUT2D eigenvalue weighted by Crippen LogP contribution is 2.39. The van der Waals surface area contributed by atoms with Gasteiger partial charge in [0.25, 0.3) is 0 Å². The first-order valence-corrected chi connectivity index (χ1v) is 21.1. The number of para-hydroxylation sites is 3. The van der Waals surface area contributed by atoms with Crippen LogP contribution in [0.5, 0.6) is 0 Å². The van der Waals surface area contributed by atoms with Crippen molar-refractivity contribution >= 4 is 43.6 Å². The molecule has 0 amide bonds. The van der Waals surface area contributed by atoms with Gasteiger partial charge in [0.05, 0.1) is 33.5 Å². The van der Waals surface area contributed by atoms with Crippen molar-refractivity contribution in [2.75, 3.05) is 0 Å². The molecule has 0 spiro atoms. The lowest BCUT2D eigenvalue weighted by molar-refractivity contribution is 1.17. The van der Waals surface area contributed by atoms with Gasteiger partial charge in [0.1, 0.15) is 0 Å². The lowest BCUT2D eigenvalue weighted by Gasteiger charge is -2.12. The van der Waals surface area contributed by atoms with Gasteiger partial charge in [0, 0.05) is 49.6 Å². The molecule has 0 unspecified atom stereocenters. The first kappa shape index (κ1) is 35.6. The smallest absolute Gasteiger partial charge is 0.160 e. The number of aromatic nitrogens is 4. The Morgan fingerprint density at radius 1 is 0.242 bits per heavy atom. The van der Waals surface area contributed by atoms with Crippen molar-refractivity contribution in [1.29, 1.82) is 0 Å². The minimum atomic E-state index is 0.702. The van der Waals surface area contributed by atoms with Gasteiger partial charge >= 0.3 is 0 Å². The van der Waals surface area contributed by atoms with Crippen LogP contribution in [0.4, 0.5) is 0 Å². The summed E-state index contributed by atoms with van der Waals surface area (Å²) in [5, 5.41) is 4.95. The van der Waals surface area contributed by atoms with Gasteiger partial charge in [-0.25, -0.2) is 9.97 Å². The van der Waals surface area contributed by atoms with Crippen LogP contribution >= 0.6 is 0 Å². The van der Waals surface area contributed by atoms with Crippen LogP contribution in [0.2, 0.25) is 0 Å². The largest absolute Gasteiger partial charge is 0.309 e. The second-order valence-electron chi connectivity index (χ2n) is 15.8. The van der Waals surface area contributed by atoms with E-state index in [1.165, 1.54) is 60.3 Å². The predicted octanol–water partition coefficient (Wildman–Crippen LogP) is 15.0. The predicted molar refractivity (Wildman–Crippen MR) is 258 cm³/mol. The van der Waals surface area contributed by atoms with Crippen molar-refractivity contribution < 1.29 is 0 Å². The van der Waals surface area contributed by atoms with Crippen LogP contribution in [0.1, 0.15) is 0 Å². The highest BCUT2D eigenvalue weighted by Gasteiger charge is 2.17. The van der Waals surface area contributed by atoms with E-state index in [-0.39, 0.29) is 0 Å². The number of benzene rings is 9. The van der Waals surface area contributed by atoms with Crippen molar-refractivity contribution in [2.24, 2.45) is 0 Å². The number of rotatable bonds is 7. The molecule has 0 saturated carbocycles. The van der Waals surface area contributed by atoms with Gasteiger partial charge in [0.2, 0.25) is 0 Å². The molecule has 12 rings (SSSR count). The topological polar surface area (TPSA) is 35.6 Å². The third-order valence-electron chi connectivity index (χ3n) is 12.2.